The molecule has 3 atom stereocenters. The predicted octanol–water partition coefficient (Wildman–Crippen LogP) is 0.918. The van der Waals surface area contributed by atoms with Gasteiger partial charge in [-0.1, -0.05) is 72.8 Å². The van der Waals surface area contributed by atoms with Crippen molar-refractivity contribution in [1.29, 1.82) is 0 Å². The van der Waals surface area contributed by atoms with E-state index in [9.17, 15) is 29.4 Å². The first kappa shape index (κ1) is 28.9. The number of nitrogens with two attached hydrogens (primary N) is 1. The molecule has 3 amide bonds. The van der Waals surface area contributed by atoms with Gasteiger partial charge in [-0.15, -0.1) is 0 Å². The molecule has 7 N–H and O–H groups in total. The summed E-state index contributed by atoms with van der Waals surface area (Å²) in [6.07, 6.45) is 0.374. The van der Waals surface area contributed by atoms with Crippen LogP contribution in [0.5, 0.6) is 5.75 Å². The zero-order chi connectivity index (χ0) is 28.2. The number of hydrogen-bond acceptors (Lipinski definition) is 6. The van der Waals surface area contributed by atoms with E-state index in [2.05, 4.69) is 16.0 Å². The number of carboxylic acids is 1. The van der Waals surface area contributed by atoms with Crippen LogP contribution in [-0.4, -0.2) is 58.6 Å². The lowest BCUT2D eigenvalue weighted by Gasteiger charge is -2.22. The Morgan fingerprint density at radius 3 is 1.74 bits per heavy atom. The van der Waals surface area contributed by atoms with Gasteiger partial charge < -0.3 is 31.9 Å². The molecule has 0 fully saturated rings. The largest absolute Gasteiger partial charge is 0.508 e. The number of phenols is 1. The van der Waals surface area contributed by atoms with Crippen molar-refractivity contribution in [2.75, 3.05) is 6.54 Å². The van der Waals surface area contributed by atoms with E-state index >= 15 is 0 Å². The van der Waals surface area contributed by atoms with Crippen molar-refractivity contribution in [2.24, 2.45) is 5.73 Å². The van der Waals surface area contributed by atoms with Crippen LogP contribution in [0.15, 0.2) is 84.9 Å². The Morgan fingerprint density at radius 2 is 1.18 bits per heavy atom. The Kier molecular flexibility index (Phi) is 10.6. The number of aliphatic carboxylic acids is 1. The number of benzene rings is 3. The first-order valence-corrected chi connectivity index (χ1v) is 12.4. The minimum Gasteiger partial charge on any atom is -0.508 e. The molecule has 0 spiro atoms. The van der Waals surface area contributed by atoms with E-state index in [4.69, 9.17) is 5.73 Å². The summed E-state index contributed by atoms with van der Waals surface area (Å²) >= 11 is 0. The fraction of sp³-hybridized carbons (Fsp3) is 0.241. The molecular weight excluding hydrogens is 500 g/mol. The van der Waals surface area contributed by atoms with E-state index in [-0.39, 0.29) is 18.6 Å². The van der Waals surface area contributed by atoms with Gasteiger partial charge in [0.05, 0.1) is 12.6 Å². The Balaban J connectivity index is 1.62. The van der Waals surface area contributed by atoms with Crippen LogP contribution in [-0.2, 0) is 38.4 Å². The van der Waals surface area contributed by atoms with Gasteiger partial charge in [0.25, 0.3) is 0 Å². The molecule has 39 heavy (non-hydrogen) atoms. The molecule has 0 aliphatic heterocycles. The van der Waals surface area contributed by atoms with E-state index in [1.165, 1.54) is 12.1 Å². The van der Waals surface area contributed by atoms with Gasteiger partial charge >= 0.3 is 5.97 Å². The Labute approximate surface area is 226 Å². The molecular formula is C29H32N4O6. The number of hydrogen-bond donors (Lipinski definition) is 6. The van der Waals surface area contributed by atoms with E-state index in [1.54, 1.807) is 36.4 Å². The maximum Gasteiger partial charge on any atom is 0.326 e. The fourth-order valence-corrected chi connectivity index (χ4v) is 3.90. The summed E-state index contributed by atoms with van der Waals surface area (Å²) in [5.41, 5.74) is 8.19. The van der Waals surface area contributed by atoms with Crippen LogP contribution in [0.3, 0.4) is 0 Å². The standard InChI is InChI=1S/C29H32N4O6/c30-23(15-19-7-3-1-4-8-19)27(36)31-18-26(35)32-24(16-20-9-5-2-6-10-20)28(37)33-25(29(38)39)17-21-11-13-22(34)14-12-21/h1-14,23-25,34H,15-18,30H2,(H,31,36)(H,32,35)(H,33,37)(H,38,39). The normalized spacial score (nSPS) is 12.9. The molecule has 3 rings (SSSR count). The molecule has 0 radical (unpaired) electrons. The Bertz CT molecular complexity index is 1250. The van der Waals surface area contributed by atoms with Gasteiger partial charge in [0.2, 0.25) is 17.7 Å². The smallest absolute Gasteiger partial charge is 0.326 e. The molecule has 204 valence electrons. The van der Waals surface area contributed by atoms with Crippen molar-refractivity contribution >= 4 is 23.7 Å². The zero-order valence-electron chi connectivity index (χ0n) is 21.2. The fourth-order valence-electron chi connectivity index (χ4n) is 3.90. The van der Waals surface area contributed by atoms with Gasteiger partial charge in [-0.2, -0.15) is 0 Å². The lowest BCUT2D eigenvalue weighted by molar-refractivity contribution is -0.142. The highest BCUT2D eigenvalue weighted by Gasteiger charge is 2.27. The lowest BCUT2D eigenvalue weighted by Crippen LogP contribution is -2.55. The maximum absolute atomic E-state index is 13.2. The van der Waals surface area contributed by atoms with Gasteiger partial charge in [0, 0.05) is 12.8 Å². The molecule has 0 aromatic heterocycles. The number of carbonyl (C=O) groups excluding carboxylic acids is 3. The third kappa shape index (κ3) is 9.60. The van der Waals surface area contributed by atoms with Crippen LogP contribution >= 0.6 is 0 Å². The molecule has 0 saturated carbocycles. The van der Waals surface area contributed by atoms with Gasteiger partial charge in [-0.05, 0) is 35.2 Å². The summed E-state index contributed by atoms with van der Waals surface area (Å²) in [5, 5.41) is 26.7. The van der Waals surface area contributed by atoms with Gasteiger partial charge in [-0.25, -0.2) is 4.79 Å². The highest BCUT2D eigenvalue weighted by atomic mass is 16.4. The van der Waals surface area contributed by atoms with E-state index in [0.717, 1.165) is 11.1 Å². The number of nitrogens with one attached hydrogen (secondary N) is 3. The maximum atomic E-state index is 13.2. The number of amides is 3. The molecule has 0 bridgehead atoms. The molecule has 10 nitrogen and oxygen atoms in total. The van der Waals surface area contributed by atoms with Crippen molar-refractivity contribution in [3.05, 3.63) is 102 Å². The SMILES string of the molecule is NC(Cc1ccccc1)C(=O)NCC(=O)NC(Cc1ccccc1)C(=O)NC(Cc1ccc(O)cc1)C(=O)O. The van der Waals surface area contributed by atoms with E-state index in [1.807, 2.05) is 36.4 Å². The molecule has 0 aliphatic rings. The molecule has 3 unspecified atom stereocenters. The third-order valence-corrected chi connectivity index (χ3v) is 5.98. The summed E-state index contributed by atoms with van der Waals surface area (Å²) in [4.78, 5) is 50.1. The van der Waals surface area contributed by atoms with Crippen LogP contribution in [0, 0.1) is 0 Å². The highest BCUT2D eigenvalue weighted by molar-refractivity contribution is 5.92. The molecule has 0 heterocycles. The monoisotopic (exact) mass is 532 g/mol. The zero-order valence-corrected chi connectivity index (χ0v) is 21.2. The average Bonchev–Trinajstić information content (AvgIpc) is 2.93. The number of carboxylic acid groups (broad SMARTS) is 1. The second-order valence-electron chi connectivity index (χ2n) is 9.09. The first-order valence-electron chi connectivity index (χ1n) is 12.4. The van der Waals surface area contributed by atoms with Crippen LogP contribution in [0.2, 0.25) is 0 Å². The van der Waals surface area contributed by atoms with Crippen LogP contribution in [0.25, 0.3) is 0 Å². The number of phenolic OH excluding ortho intramolecular Hbond substituents is 1. The van der Waals surface area contributed by atoms with E-state index in [0.29, 0.717) is 12.0 Å². The minimum atomic E-state index is -1.27. The van der Waals surface area contributed by atoms with Crippen molar-refractivity contribution in [3.63, 3.8) is 0 Å². The van der Waals surface area contributed by atoms with Crippen molar-refractivity contribution in [2.45, 2.75) is 37.4 Å². The second-order valence-corrected chi connectivity index (χ2v) is 9.09. The molecule has 10 heteroatoms. The topological polar surface area (TPSA) is 171 Å². The van der Waals surface area contributed by atoms with Gasteiger partial charge in [0.15, 0.2) is 0 Å². The summed E-state index contributed by atoms with van der Waals surface area (Å²) in [6, 6.07) is 20.9. The van der Waals surface area contributed by atoms with Crippen LogP contribution < -0.4 is 21.7 Å². The van der Waals surface area contributed by atoms with E-state index < -0.39 is 48.4 Å². The van der Waals surface area contributed by atoms with Gasteiger partial charge in [-0.3, -0.25) is 14.4 Å². The minimum absolute atomic E-state index is 0.0251. The summed E-state index contributed by atoms with van der Waals surface area (Å²) in [6.45, 7) is -0.407. The molecule has 3 aromatic rings. The third-order valence-electron chi connectivity index (χ3n) is 5.98. The average molecular weight is 533 g/mol. The van der Waals surface area contributed by atoms with Crippen molar-refractivity contribution < 1.29 is 29.4 Å². The Morgan fingerprint density at radius 1 is 0.667 bits per heavy atom. The number of aromatic hydroxyl groups is 1. The number of carbonyl (C=O) groups is 4. The van der Waals surface area contributed by atoms with Crippen molar-refractivity contribution in [3.8, 4) is 5.75 Å². The van der Waals surface area contributed by atoms with Crippen LogP contribution in [0.1, 0.15) is 16.7 Å². The molecule has 0 saturated heterocycles. The van der Waals surface area contributed by atoms with Gasteiger partial charge in [0.1, 0.15) is 17.8 Å². The molecule has 3 aromatic carbocycles. The summed E-state index contributed by atoms with van der Waals surface area (Å²) < 4.78 is 0. The predicted molar refractivity (Wildman–Crippen MR) is 145 cm³/mol. The first-order chi connectivity index (χ1) is 18.7. The number of rotatable bonds is 13. The summed E-state index contributed by atoms with van der Waals surface area (Å²) in [5.74, 6) is -3.05. The Hall–Kier alpha value is -4.70. The lowest BCUT2D eigenvalue weighted by atomic mass is 10.0. The molecule has 0 aliphatic carbocycles. The second kappa shape index (κ2) is 14.3. The van der Waals surface area contributed by atoms with Crippen molar-refractivity contribution in [1.82, 2.24) is 16.0 Å². The summed E-state index contributed by atoms with van der Waals surface area (Å²) in [7, 11) is 0. The quantitative estimate of drug-likeness (QED) is 0.190. The highest BCUT2D eigenvalue weighted by Crippen LogP contribution is 2.12. The van der Waals surface area contributed by atoms with Crippen LogP contribution in [0.4, 0.5) is 0 Å².